The summed E-state index contributed by atoms with van der Waals surface area (Å²) in [4.78, 5) is 0. The van der Waals surface area contributed by atoms with Crippen molar-refractivity contribution in [2.45, 2.75) is 46.1 Å². The first-order valence-corrected chi connectivity index (χ1v) is 12.0. The molecule has 3 nitrogen and oxygen atoms in total. The van der Waals surface area contributed by atoms with E-state index in [9.17, 15) is 0 Å². The predicted octanol–water partition coefficient (Wildman–Crippen LogP) is 5.20. The third kappa shape index (κ3) is 6.72. The number of hydrogen-bond donors (Lipinski definition) is 0. The Labute approximate surface area is 163 Å². The van der Waals surface area contributed by atoms with Crippen LogP contribution in [0.2, 0.25) is 0 Å². The van der Waals surface area contributed by atoms with E-state index in [0.717, 1.165) is 25.3 Å². The van der Waals surface area contributed by atoms with Crippen LogP contribution in [0.25, 0.3) is 0 Å². The molecular weight excluding hydrogens is 522 g/mol. The van der Waals surface area contributed by atoms with Crippen LogP contribution in [0.1, 0.15) is 45.6 Å². The highest BCUT2D eigenvalue weighted by Gasteiger charge is 2.41. The average molecular weight is 548 g/mol. The van der Waals surface area contributed by atoms with Crippen LogP contribution >= 0.6 is 45.2 Å². The lowest BCUT2D eigenvalue weighted by Crippen LogP contribution is -2.49. The van der Waals surface area contributed by atoms with Crippen molar-refractivity contribution >= 4 is 54.0 Å². The summed E-state index contributed by atoms with van der Waals surface area (Å²) in [6.45, 7) is 8.44. The van der Waals surface area contributed by atoms with E-state index < -0.39 is 8.80 Å². The second kappa shape index (κ2) is 11.4. The molecule has 0 fully saturated rings. The first-order valence-electron chi connectivity index (χ1n) is 7.93. The van der Waals surface area contributed by atoms with E-state index in [-0.39, 0.29) is 0 Å². The minimum Gasteiger partial charge on any atom is -0.373 e. The van der Waals surface area contributed by atoms with Gasteiger partial charge in [0.25, 0.3) is 0 Å². The summed E-state index contributed by atoms with van der Waals surface area (Å²) in [5.74, 6) is 0. The maximum Gasteiger partial charge on any atom is 0.505 e. The van der Waals surface area contributed by atoms with Crippen molar-refractivity contribution in [2.75, 3.05) is 19.8 Å². The summed E-state index contributed by atoms with van der Waals surface area (Å²) >= 11 is 4.78. The summed E-state index contributed by atoms with van der Waals surface area (Å²) in [5, 5.41) is 0. The largest absolute Gasteiger partial charge is 0.505 e. The highest BCUT2D eigenvalue weighted by Crippen LogP contribution is 2.25. The van der Waals surface area contributed by atoms with Gasteiger partial charge in [0.2, 0.25) is 0 Å². The molecule has 0 saturated carbocycles. The molecule has 126 valence electrons. The standard InChI is InChI=1S/C16H26I2O3Si/c1-4-10-19-22(20-11-5-2,21-12-6-3)13-14-8-7-9-15(17)16(14)18/h7-9H,4-6,10-13H2,1-3H3. The Morgan fingerprint density at radius 3 is 1.82 bits per heavy atom. The molecule has 1 aromatic carbocycles. The van der Waals surface area contributed by atoms with Gasteiger partial charge >= 0.3 is 8.80 Å². The van der Waals surface area contributed by atoms with E-state index in [4.69, 9.17) is 13.3 Å². The van der Waals surface area contributed by atoms with Crippen molar-refractivity contribution in [1.82, 2.24) is 0 Å². The van der Waals surface area contributed by atoms with Gasteiger partial charge in [-0.1, -0.05) is 32.9 Å². The zero-order valence-electron chi connectivity index (χ0n) is 13.7. The Kier molecular flexibility index (Phi) is 10.7. The van der Waals surface area contributed by atoms with E-state index in [1.54, 1.807) is 0 Å². The van der Waals surface area contributed by atoms with Crippen molar-refractivity contribution in [2.24, 2.45) is 0 Å². The first-order chi connectivity index (χ1) is 10.6. The van der Waals surface area contributed by atoms with Gasteiger partial charge in [0.1, 0.15) is 0 Å². The molecule has 0 unspecified atom stereocenters. The Hall–Kier alpha value is 0.777. The molecule has 0 saturated heterocycles. The van der Waals surface area contributed by atoms with Crippen LogP contribution in [0.3, 0.4) is 0 Å². The Morgan fingerprint density at radius 1 is 0.864 bits per heavy atom. The fourth-order valence-electron chi connectivity index (χ4n) is 1.97. The Balaban J connectivity index is 3.00. The van der Waals surface area contributed by atoms with Crippen molar-refractivity contribution in [3.63, 3.8) is 0 Å². The van der Waals surface area contributed by atoms with E-state index >= 15 is 0 Å². The van der Waals surface area contributed by atoms with Crippen molar-refractivity contribution in [1.29, 1.82) is 0 Å². The Morgan fingerprint density at radius 2 is 1.36 bits per heavy atom. The Bertz CT molecular complexity index is 422. The molecule has 1 rings (SSSR count). The van der Waals surface area contributed by atoms with E-state index in [1.807, 2.05) is 0 Å². The number of halogens is 2. The summed E-state index contributed by atoms with van der Waals surface area (Å²) in [5.41, 5.74) is 1.27. The molecule has 0 spiro atoms. The summed E-state index contributed by atoms with van der Waals surface area (Å²) in [6, 6.07) is 7.13. The molecule has 0 radical (unpaired) electrons. The molecule has 0 amide bonds. The highest BCUT2D eigenvalue weighted by atomic mass is 127. The topological polar surface area (TPSA) is 27.7 Å². The quantitative estimate of drug-likeness (QED) is 0.282. The van der Waals surface area contributed by atoms with E-state index in [1.165, 1.54) is 12.7 Å². The molecule has 0 aliphatic heterocycles. The van der Waals surface area contributed by atoms with Gasteiger partial charge in [-0.2, -0.15) is 0 Å². The molecule has 0 N–H and O–H groups in total. The first kappa shape index (κ1) is 20.8. The average Bonchev–Trinajstić information content (AvgIpc) is 2.53. The molecule has 0 heterocycles. The minimum atomic E-state index is -2.66. The van der Waals surface area contributed by atoms with Crippen LogP contribution in [-0.2, 0) is 19.3 Å². The normalized spacial score (nSPS) is 11.9. The van der Waals surface area contributed by atoms with Crippen LogP contribution in [0.5, 0.6) is 0 Å². The molecule has 22 heavy (non-hydrogen) atoms. The van der Waals surface area contributed by atoms with Gasteiger partial charge in [-0.25, -0.2) is 0 Å². The maximum absolute atomic E-state index is 6.17. The lowest BCUT2D eigenvalue weighted by Gasteiger charge is -2.30. The molecule has 0 atom stereocenters. The van der Waals surface area contributed by atoms with Gasteiger partial charge in [0.05, 0.1) is 0 Å². The maximum atomic E-state index is 6.17. The van der Waals surface area contributed by atoms with Crippen molar-refractivity contribution in [3.8, 4) is 0 Å². The molecule has 0 aliphatic carbocycles. The molecular formula is C16H26I2O3Si. The van der Waals surface area contributed by atoms with Crippen LogP contribution in [0.15, 0.2) is 18.2 Å². The minimum absolute atomic E-state index is 0.695. The molecule has 1 aromatic rings. The van der Waals surface area contributed by atoms with Crippen LogP contribution < -0.4 is 0 Å². The smallest absolute Gasteiger partial charge is 0.373 e. The second-order valence-electron chi connectivity index (χ2n) is 5.12. The molecule has 0 aromatic heterocycles. The zero-order valence-corrected chi connectivity index (χ0v) is 19.0. The lowest BCUT2D eigenvalue weighted by atomic mass is 10.2. The van der Waals surface area contributed by atoms with E-state index in [0.29, 0.717) is 19.8 Å². The molecule has 0 bridgehead atoms. The number of rotatable bonds is 11. The van der Waals surface area contributed by atoms with Gasteiger partial charge in [-0.05, 0) is 76.1 Å². The third-order valence-electron chi connectivity index (χ3n) is 3.02. The fraction of sp³-hybridized carbons (Fsp3) is 0.625. The lowest BCUT2D eigenvalue weighted by molar-refractivity contribution is 0.0583. The van der Waals surface area contributed by atoms with Crippen molar-refractivity contribution in [3.05, 3.63) is 30.9 Å². The summed E-state index contributed by atoms with van der Waals surface area (Å²) < 4.78 is 21.1. The van der Waals surface area contributed by atoms with Gasteiger partial charge in [0, 0.05) is 33.0 Å². The second-order valence-corrected chi connectivity index (χ2v) is 9.94. The molecule has 0 aliphatic rings. The summed E-state index contributed by atoms with van der Waals surface area (Å²) in [7, 11) is -2.66. The predicted molar refractivity (Wildman–Crippen MR) is 110 cm³/mol. The van der Waals surface area contributed by atoms with Gasteiger partial charge in [0.15, 0.2) is 0 Å². The van der Waals surface area contributed by atoms with Crippen molar-refractivity contribution < 1.29 is 13.3 Å². The van der Waals surface area contributed by atoms with Crippen LogP contribution in [-0.4, -0.2) is 28.6 Å². The van der Waals surface area contributed by atoms with Crippen LogP contribution in [0.4, 0.5) is 0 Å². The van der Waals surface area contributed by atoms with Gasteiger partial charge < -0.3 is 13.3 Å². The summed E-state index contributed by atoms with van der Waals surface area (Å²) in [6.07, 6.45) is 2.93. The SMILES string of the molecule is CCCO[Si](Cc1cccc(I)c1I)(OCCC)OCCC. The van der Waals surface area contributed by atoms with Gasteiger partial charge in [-0.15, -0.1) is 0 Å². The fourth-order valence-corrected chi connectivity index (χ4v) is 6.30. The zero-order chi connectivity index (χ0) is 16.4. The third-order valence-corrected chi connectivity index (χ3v) is 8.97. The van der Waals surface area contributed by atoms with E-state index in [2.05, 4.69) is 84.2 Å². The number of benzene rings is 1. The highest BCUT2D eigenvalue weighted by molar-refractivity contribution is 14.1. The monoisotopic (exact) mass is 548 g/mol. The number of hydrogen-bond acceptors (Lipinski definition) is 3. The molecule has 6 heteroatoms. The van der Waals surface area contributed by atoms with Gasteiger partial charge in [-0.3, -0.25) is 0 Å². The van der Waals surface area contributed by atoms with Crippen LogP contribution in [0, 0.1) is 7.14 Å².